The van der Waals surface area contributed by atoms with Gasteiger partial charge < -0.3 is 28.7 Å². The summed E-state index contributed by atoms with van der Waals surface area (Å²) in [5, 5.41) is 0. The Hall–Kier alpha value is -3.74. The maximum atomic E-state index is 12.7. The van der Waals surface area contributed by atoms with Crippen molar-refractivity contribution in [1.82, 2.24) is 34.2 Å². The van der Waals surface area contributed by atoms with Crippen LogP contribution < -0.4 is 0 Å². The number of carbonyl (C=O) groups is 2. The lowest BCUT2D eigenvalue weighted by Gasteiger charge is -2.25. The standard InChI is InChI=1S/C36H57N7O5/c1-7-19-41(20-8-2)21-9-10-22-42(23-15-35(44)47-30(5)48-36(45)46-29(3)4)25-31-11-13-32(14-12-31)26-43(27-33-37-16-17-38-33)28-34-39-18-24-40(34)6/h11-14,16-18,24,29-30H,7-10,15,19-23,25-28H2,1-6H3,(H,37,38). The molecule has 48 heavy (non-hydrogen) atoms. The molecule has 12 nitrogen and oxygen atoms in total. The predicted molar refractivity (Wildman–Crippen MR) is 186 cm³/mol. The van der Waals surface area contributed by atoms with Crippen LogP contribution in [0.1, 0.15) is 89.5 Å². The molecule has 3 aromatic rings. The number of rotatable bonds is 23. The summed E-state index contributed by atoms with van der Waals surface area (Å²) in [6.45, 7) is 17.0. The molecule has 0 aliphatic carbocycles. The Morgan fingerprint density at radius 3 is 1.98 bits per heavy atom. The number of unbranched alkanes of at least 4 members (excludes halogenated alkanes) is 1. The first-order valence-corrected chi connectivity index (χ1v) is 17.4. The lowest BCUT2D eigenvalue weighted by molar-refractivity contribution is -0.168. The van der Waals surface area contributed by atoms with Gasteiger partial charge in [-0.2, -0.15) is 0 Å². The van der Waals surface area contributed by atoms with Gasteiger partial charge in [0.2, 0.25) is 6.29 Å². The minimum absolute atomic E-state index is 0.192. The van der Waals surface area contributed by atoms with Crippen molar-refractivity contribution in [2.75, 3.05) is 32.7 Å². The van der Waals surface area contributed by atoms with Gasteiger partial charge in [0, 0.05) is 58.4 Å². The summed E-state index contributed by atoms with van der Waals surface area (Å²) < 4.78 is 17.4. The van der Waals surface area contributed by atoms with E-state index in [0.717, 1.165) is 76.6 Å². The van der Waals surface area contributed by atoms with Crippen LogP contribution in [0.3, 0.4) is 0 Å². The number of carbonyl (C=O) groups excluding carboxylic acids is 2. The highest BCUT2D eigenvalue weighted by molar-refractivity contribution is 5.70. The van der Waals surface area contributed by atoms with Gasteiger partial charge in [0.1, 0.15) is 11.6 Å². The van der Waals surface area contributed by atoms with Crippen molar-refractivity contribution in [3.63, 3.8) is 0 Å². The normalized spacial score (nSPS) is 12.3. The van der Waals surface area contributed by atoms with E-state index < -0.39 is 18.4 Å². The molecule has 1 unspecified atom stereocenters. The molecule has 12 heteroatoms. The number of hydrogen-bond donors (Lipinski definition) is 1. The second-order valence-corrected chi connectivity index (χ2v) is 12.6. The molecular formula is C36H57N7O5. The number of imidazole rings is 2. The second kappa shape index (κ2) is 21.3. The Labute approximate surface area is 286 Å². The van der Waals surface area contributed by atoms with Crippen LogP contribution in [-0.4, -0.2) is 91.5 Å². The van der Waals surface area contributed by atoms with Crippen LogP contribution >= 0.6 is 0 Å². The quantitative estimate of drug-likeness (QED) is 0.0745. The molecule has 0 amide bonds. The van der Waals surface area contributed by atoms with E-state index in [9.17, 15) is 9.59 Å². The van der Waals surface area contributed by atoms with E-state index in [4.69, 9.17) is 14.2 Å². The lowest BCUT2D eigenvalue weighted by atomic mass is 10.1. The topological polar surface area (TPSA) is 118 Å². The number of nitrogens with one attached hydrogen (secondary N) is 1. The highest BCUT2D eigenvalue weighted by Crippen LogP contribution is 2.15. The van der Waals surface area contributed by atoms with E-state index in [0.29, 0.717) is 19.6 Å². The Balaban J connectivity index is 1.60. The van der Waals surface area contributed by atoms with Crippen molar-refractivity contribution in [2.24, 2.45) is 7.05 Å². The fraction of sp³-hybridized carbons (Fsp3) is 0.611. The van der Waals surface area contributed by atoms with Gasteiger partial charge in [-0.05, 0) is 76.8 Å². The van der Waals surface area contributed by atoms with E-state index in [2.05, 4.69) is 67.8 Å². The van der Waals surface area contributed by atoms with Gasteiger partial charge in [0.25, 0.3) is 0 Å². The molecular weight excluding hydrogens is 610 g/mol. The van der Waals surface area contributed by atoms with Crippen LogP contribution in [0.15, 0.2) is 49.1 Å². The molecule has 2 aromatic heterocycles. The average molecular weight is 668 g/mol. The second-order valence-electron chi connectivity index (χ2n) is 12.6. The number of H-pyrrole nitrogens is 1. The van der Waals surface area contributed by atoms with Crippen molar-refractivity contribution in [3.8, 4) is 0 Å². The zero-order valence-electron chi connectivity index (χ0n) is 29.9. The van der Waals surface area contributed by atoms with E-state index >= 15 is 0 Å². The van der Waals surface area contributed by atoms with Crippen molar-refractivity contribution in [1.29, 1.82) is 0 Å². The number of hydrogen-bond acceptors (Lipinski definition) is 10. The van der Waals surface area contributed by atoms with Crippen molar-refractivity contribution < 1.29 is 23.8 Å². The summed E-state index contributed by atoms with van der Waals surface area (Å²) >= 11 is 0. The molecule has 0 aliphatic heterocycles. The SMILES string of the molecule is CCCN(CCC)CCCCN(CCC(=O)OC(C)OC(=O)OC(C)C)Cc1ccc(CN(Cc2ncc[nH]2)Cc2nccn2C)cc1. The third-order valence-electron chi connectivity index (χ3n) is 7.85. The predicted octanol–water partition coefficient (Wildman–Crippen LogP) is 5.89. The van der Waals surface area contributed by atoms with Crippen LogP contribution in [0, 0.1) is 0 Å². The number of esters is 1. The van der Waals surface area contributed by atoms with E-state index in [1.807, 2.05) is 30.2 Å². The van der Waals surface area contributed by atoms with Crippen LogP contribution in [0.5, 0.6) is 0 Å². The summed E-state index contributed by atoms with van der Waals surface area (Å²) in [6.07, 6.45) is 9.87. The van der Waals surface area contributed by atoms with Crippen molar-refractivity contribution >= 4 is 12.1 Å². The largest absolute Gasteiger partial charge is 0.511 e. The maximum absolute atomic E-state index is 12.7. The molecule has 0 saturated carbocycles. The third kappa shape index (κ3) is 15.0. The fourth-order valence-corrected chi connectivity index (χ4v) is 5.56. The molecule has 266 valence electrons. The highest BCUT2D eigenvalue weighted by atomic mass is 16.8. The van der Waals surface area contributed by atoms with E-state index in [-0.39, 0.29) is 12.5 Å². The monoisotopic (exact) mass is 667 g/mol. The molecule has 0 aliphatic rings. The first-order valence-electron chi connectivity index (χ1n) is 17.4. The molecule has 1 N–H and O–H groups in total. The summed E-state index contributed by atoms with van der Waals surface area (Å²) in [7, 11) is 2.01. The molecule has 0 bridgehead atoms. The molecule has 0 fully saturated rings. The summed E-state index contributed by atoms with van der Waals surface area (Å²) in [4.78, 5) is 43.8. The molecule has 3 rings (SSSR count). The number of aromatic amines is 1. The van der Waals surface area contributed by atoms with E-state index in [1.165, 1.54) is 18.1 Å². The van der Waals surface area contributed by atoms with Crippen LogP contribution in [0.4, 0.5) is 4.79 Å². The number of ether oxygens (including phenoxy) is 3. The van der Waals surface area contributed by atoms with Crippen LogP contribution in [0.25, 0.3) is 0 Å². The van der Waals surface area contributed by atoms with Gasteiger partial charge in [-0.15, -0.1) is 0 Å². The molecule has 1 aromatic carbocycles. The van der Waals surface area contributed by atoms with Crippen LogP contribution in [0.2, 0.25) is 0 Å². The zero-order chi connectivity index (χ0) is 34.7. The fourth-order valence-electron chi connectivity index (χ4n) is 5.56. The molecule has 0 radical (unpaired) electrons. The Bertz CT molecular complexity index is 1310. The third-order valence-corrected chi connectivity index (χ3v) is 7.85. The molecule has 0 saturated heterocycles. The Morgan fingerprint density at radius 1 is 0.771 bits per heavy atom. The van der Waals surface area contributed by atoms with Gasteiger partial charge in [0.05, 0.1) is 25.6 Å². The zero-order valence-corrected chi connectivity index (χ0v) is 29.9. The Morgan fingerprint density at radius 2 is 1.42 bits per heavy atom. The number of benzene rings is 1. The van der Waals surface area contributed by atoms with Gasteiger partial charge >= 0.3 is 12.1 Å². The highest BCUT2D eigenvalue weighted by Gasteiger charge is 2.18. The first-order chi connectivity index (χ1) is 23.1. The van der Waals surface area contributed by atoms with Crippen molar-refractivity contribution in [3.05, 3.63) is 71.8 Å². The van der Waals surface area contributed by atoms with Gasteiger partial charge in [-0.25, -0.2) is 14.8 Å². The van der Waals surface area contributed by atoms with Gasteiger partial charge in [-0.1, -0.05) is 38.1 Å². The number of aromatic nitrogens is 4. The average Bonchev–Trinajstić information content (AvgIpc) is 3.69. The number of aryl methyl sites for hydroxylation is 1. The molecule has 2 heterocycles. The number of nitrogens with zero attached hydrogens (tertiary/aromatic N) is 6. The maximum Gasteiger partial charge on any atom is 0.511 e. The van der Waals surface area contributed by atoms with Gasteiger partial charge in [0.15, 0.2) is 0 Å². The summed E-state index contributed by atoms with van der Waals surface area (Å²) in [5.41, 5.74) is 2.38. The Kier molecular flexibility index (Phi) is 17.2. The lowest BCUT2D eigenvalue weighted by Crippen LogP contribution is -2.31. The summed E-state index contributed by atoms with van der Waals surface area (Å²) in [5.74, 6) is 1.50. The van der Waals surface area contributed by atoms with Crippen LogP contribution in [-0.2, 0) is 52.2 Å². The smallest absolute Gasteiger partial charge is 0.431 e. The minimum Gasteiger partial charge on any atom is -0.431 e. The molecule has 1 atom stereocenters. The van der Waals surface area contributed by atoms with Crippen molar-refractivity contribution in [2.45, 2.75) is 105 Å². The first kappa shape index (κ1) is 38.7. The van der Waals surface area contributed by atoms with E-state index in [1.54, 1.807) is 20.0 Å². The summed E-state index contributed by atoms with van der Waals surface area (Å²) in [6, 6.07) is 8.70. The van der Waals surface area contributed by atoms with Gasteiger partial charge in [-0.3, -0.25) is 14.6 Å². The minimum atomic E-state index is -1.02. The molecule has 0 spiro atoms.